The summed E-state index contributed by atoms with van der Waals surface area (Å²) < 4.78 is 0. The molecule has 5 heteroatoms. The molecule has 7 aromatic carbocycles. The third-order valence-corrected chi connectivity index (χ3v) is 9.67. The molecule has 8 aromatic rings. The fourth-order valence-electron chi connectivity index (χ4n) is 7.48. The standard InChI is InChI=1S/C45H27N5/c1-4-14-28(15-5-1)31-20-10-11-22-33(31)40-35(45-39(29-16-6-2-7-17-29)43(48-50-49-45)30-18-8-3-9-19-30)25-27-37-41(40)42-38(46-37)26-24-34-32-21-12-13-23-36(32)47-44(34)42/h1-27H. The maximum absolute atomic E-state index is 5.22. The summed E-state index contributed by atoms with van der Waals surface area (Å²) in [5.41, 5.74) is 13.7. The molecule has 0 N–H and O–H groups in total. The van der Waals surface area contributed by atoms with E-state index in [0.717, 1.165) is 99.5 Å². The topological polar surface area (TPSA) is 63.4 Å². The van der Waals surface area contributed by atoms with E-state index in [1.807, 2.05) is 30.3 Å². The number of para-hydroxylation sites is 1. The van der Waals surface area contributed by atoms with Crippen molar-refractivity contribution in [1.82, 2.24) is 15.4 Å². The molecule has 1 aromatic heterocycles. The number of benzene rings is 7. The molecular formula is C45H27N5. The van der Waals surface area contributed by atoms with Crippen LogP contribution in [0.1, 0.15) is 0 Å². The van der Waals surface area contributed by atoms with E-state index in [1.165, 1.54) is 0 Å². The Kier molecular flexibility index (Phi) is 6.42. The lowest BCUT2D eigenvalue weighted by Gasteiger charge is -2.21. The molecule has 0 radical (unpaired) electrons. The first-order valence-corrected chi connectivity index (χ1v) is 16.7. The third-order valence-electron chi connectivity index (χ3n) is 9.67. The average Bonchev–Trinajstić information content (AvgIpc) is 3.77. The molecule has 10 rings (SSSR count). The molecule has 50 heavy (non-hydrogen) atoms. The highest BCUT2D eigenvalue weighted by atomic mass is 15.3. The summed E-state index contributed by atoms with van der Waals surface area (Å²) in [5.74, 6) is 0. The Balaban J connectivity index is 1.35. The van der Waals surface area contributed by atoms with Gasteiger partial charge in [0.1, 0.15) is 11.4 Å². The predicted molar refractivity (Wildman–Crippen MR) is 198 cm³/mol. The van der Waals surface area contributed by atoms with Gasteiger partial charge < -0.3 is 0 Å². The first kappa shape index (κ1) is 28.2. The minimum Gasteiger partial charge on any atom is -0.248 e. The summed E-state index contributed by atoms with van der Waals surface area (Å²) in [6.45, 7) is 0. The molecule has 0 spiro atoms. The van der Waals surface area contributed by atoms with Crippen LogP contribution in [0.4, 0.5) is 11.4 Å². The van der Waals surface area contributed by atoms with Crippen molar-refractivity contribution in [2.24, 2.45) is 9.98 Å². The van der Waals surface area contributed by atoms with E-state index in [-0.39, 0.29) is 0 Å². The van der Waals surface area contributed by atoms with Gasteiger partial charge in [-0.1, -0.05) is 133 Å². The Hall–Kier alpha value is -6.85. The lowest BCUT2D eigenvalue weighted by molar-refractivity contribution is 0.879. The highest BCUT2D eigenvalue weighted by Gasteiger charge is 2.30. The largest absolute Gasteiger partial charge is 0.248 e. The van der Waals surface area contributed by atoms with E-state index in [1.54, 1.807) is 0 Å². The highest BCUT2D eigenvalue weighted by Crippen LogP contribution is 2.52. The van der Waals surface area contributed by atoms with Crippen LogP contribution in [0, 0.1) is 10.4 Å². The number of aromatic nitrogens is 3. The summed E-state index contributed by atoms with van der Waals surface area (Å²) in [7, 11) is 0. The number of fused-ring (bicyclic) bond motifs is 6. The van der Waals surface area contributed by atoms with Gasteiger partial charge in [-0.3, -0.25) is 0 Å². The van der Waals surface area contributed by atoms with E-state index >= 15 is 0 Å². The van der Waals surface area contributed by atoms with E-state index in [9.17, 15) is 0 Å². The second-order valence-electron chi connectivity index (χ2n) is 12.5. The maximum atomic E-state index is 5.22. The Labute approximate surface area is 288 Å². The summed E-state index contributed by atoms with van der Waals surface area (Å²) in [6, 6.07) is 56.7. The van der Waals surface area contributed by atoms with Gasteiger partial charge in [-0.2, -0.15) is 0 Å². The second kappa shape index (κ2) is 11.4. The molecule has 2 aliphatic heterocycles. The Morgan fingerprint density at radius 1 is 0.320 bits per heavy atom. The van der Waals surface area contributed by atoms with Gasteiger partial charge >= 0.3 is 0 Å². The van der Waals surface area contributed by atoms with Crippen LogP contribution in [0.25, 0.3) is 67.0 Å². The zero-order chi connectivity index (χ0) is 33.0. The molecule has 0 fully saturated rings. The molecule has 232 valence electrons. The van der Waals surface area contributed by atoms with Gasteiger partial charge in [-0.15, -0.1) is 10.2 Å². The number of hydrogen-bond donors (Lipinski definition) is 0. The lowest BCUT2D eigenvalue weighted by Crippen LogP contribution is -2.03. The number of hydrogen-bond acceptors (Lipinski definition) is 5. The highest BCUT2D eigenvalue weighted by molar-refractivity contribution is 6.07. The number of rotatable bonds is 5. The molecule has 0 bridgehead atoms. The molecular weight excluding hydrogens is 611 g/mol. The van der Waals surface area contributed by atoms with Crippen LogP contribution in [-0.4, -0.2) is 15.4 Å². The fourth-order valence-corrected chi connectivity index (χ4v) is 7.48. The van der Waals surface area contributed by atoms with E-state index in [0.29, 0.717) is 0 Å². The monoisotopic (exact) mass is 637 g/mol. The van der Waals surface area contributed by atoms with Gasteiger partial charge in [0.05, 0.1) is 22.1 Å². The van der Waals surface area contributed by atoms with E-state index in [4.69, 9.17) is 15.1 Å². The van der Waals surface area contributed by atoms with Crippen molar-refractivity contribution in [2.45, 2.75) is 0 Å². The Bertz CT molecular complexity index is 2850. The molecule has 0 unspecified atom stereocenters. The SMILES string of the molecule is c1ccc(-c2ccccc2-c2c(-c3nnnc(-c4ccccc4)c3-c3ccccc3)ccc3c2-c2c4c(ccc2=N3)=c2ccccc2=N4)cc1. The normalized spacial score (nSPS) is 11.9. The van der Waals surface area contributed by atoms with Crippen LogP contribution >= 0.6 is 0 Å². The predicted octanol–water partition coefficient (Wildman–Crippen LogP) is 9.69. The first-order chi connectivity index (χ1) is 24.8. The van der Waals surface area contributed by atoms with Gasteiger partial charge in [0.2, 0.25) is 0 Å². The van der Waals surface area contributed by atoms with Crippen LogP contribution in [0.3, 0.4) is 0 Å². The van der Waals surface area contributed by atoms with Crippen LogP contribution < -0.4 is 10.7 Å². The van der Waals surface area contributed by atoms with Crippen LogP contribution in [0.2, 0.25) is 0 Å². The molecule has 0 amide bonds. The van der Waals surface area contributed by atoms with E-state index in [2.05, 4.69) is 144 Å². The van der Waals surface area contributed by atoms with Crippen molar-refractivity contribution in [3.05, 3.63) is 185 Å². The summed E-state index contributed by atoms with van der Waals surface area (Å²) in [5, 5.41) is 18.1. The van der Waals surface area contributed by atoms with Gasteiger partial charge in [0.15, 0.2) is 0 Å². The molecule has 3 heterocycles. The van der Waals surface area contributed by atoms with Crippen molar-refractivity contribution in [1.29, 1.82) is 0 Å². The maximum Gasteiger partial charge on any atom is 0.105 e. The van der Waals surface area contributed by atoms with Crippen molar-refractivity contribution in [2.75, 3.05) is 0 Å². The van der Waals surface area contributed by atoms with Crippen molar-refractivity contribution >= 4 is 11.4 Å². The van der Waals surface area contributed by atoms with Crippen LogP contribution in [-0.2, 0) is 0 Å². The quantitative estimate of drug-likeness (QED) is 0.189. The average molecular weight is 638 g/mol. The van der Waals surface area contributed by atoms with Crippen LogP contribution in [0.5, 0.6) is 0 Å². The molecule has 0 aliphatic carbocycles. The molecule has 0 atom stereocenters. The third kappa shape index (κ3) is 4.37. The molecule has 0 saturated heterocycles. The number of nitrogens with zero attached hydrogens (tertiary/aromatic N) is 5. The van der Waals surface area contributed by atoms with Crippen LogP contribution in [0.15, 0.2) is 174 Å². The van der Waals surface area contributed by atoms with E-state index < -0.39 is 0 Å². The minimum absolute atomic E-state index is 0.756. The molecule has 2 aliphatic rings. The Morgan fingerprint density at radius 2 is 0.960 bits per heavy atom. The van der Waals surface area contributed by atoms with Gasteiger partial charge in [-0.25, -0.2) is 9.98 Å². The smallest absolute Gasteiger partial charge is 0.105 e. The Morgan fingerprint density at radius 3 is 1.74 bits per heavy atom. The molecule has 5 nitrogen and oxygen atoms in total. The zero-order valence-electron chi connectivity index (χ0n) is 26.8. The zero-order valence-corrected chi connectivity index (χ0v) is 26.8. The summed E-state index contributed by atoms with van der Waals surface area (Å²) in [4.78, 5) is 10.4. The first-order valence-electron chi connectivity index (χ1n) is 16.7. The summed E-state index contributed by atoms with van der Waals surface area (Å²) >= 11 is 0. The van der Waals surface area contributed by atoms with Crippen molar-refractivity contribution in [3.8, 4) is 67.0 Å². The van der Waals surface area contributed by atoms with Gasteiger partial charge in [0, 0.05) is 43.8 Å². The van der Waals surface area contributed by atoms with Crippen molar-refractivity contribution < 1.29 is 0 Å². The fraction of sp³-hybridized carbons (Fsp3) is 0. The van der Waals surface area contributed by atoms with Gasteiger partial charge in [-0.05, 0) is 57.8 Å². The second-order valence-corrected chi connectivity index (χ2v) is 12.5. The summed E-state index contributed by atoms with van der Waals surface area (Å²) in [6.07, 6.45) is 0. The minimum atomic E-state index is 0.756. The lowest BCUT2D eigenvalue weighted by atomic mass is 9.83. The molecule has 0 saturated carbocycles. The van der Waals surface area contributed by atoms with Crippen molar-refractivity contribution in [3.63, 3.8) is 0 Å². The van der Waals surface area contributed by atoms with Gasteiger partial charge in [0.25, 0.3) is 0 Å².